The highest BCUT2D eigenvalue weighted by atomic mass is 15.3. The second-order valence-corrected chi connectivity index (χ2v) is 6.36. The van der Waals surface area contributed by atoms with Crippen LogP contribution in [0.25, 0.3) is 22.4 Å². The van der Waals surface area contributed by atoms with Crippen molar-refractivity contribution in [3.63, 3.8) is 0 Å². The molecule has 3 aromatic heterocycles. The molecular weight excluding hydrogens is 338 g/mol. The van der Waals surface area contributed by atoms with Gasteiger partial charge in [-0.1, -0.05) is 24.3 Å². The second-order valence-electron chi connectivity index (χ2n) is 6.36. The van der Waals surface area contributed by atoms with Crippen LogP contribution in [-0.4, -0.2) is 24.7 Å². The Morgan fingerprint density at radius 2 is 1.78 bits per heavy atom. The smallest absolute Gasteiger partial charge is 0.222 e. The lowest BCUT2D eigenvalue weighted by Crippen LogP contribution is -2.07. The quantitative estimate of drug-likeness (QED) is 0.605. The molecule has 0 aliphatic carbocycles. The van der Waals surface area contributed by atoms with E-state index in [-0.39, 0.29) is 5.95 Å². The number of nitrogens with zero attached hydrogens (tertiary/aromatic N) is 6. The van der Waals surface area contributed by atoms with Crippen LogP contribution in [0.1, 0.15) is 22.4 Å². The predicted octanol–water partition coefficient (Wildman–Crippen LogP) is 3.01. The van der Waals surface area contributed by atoms with E-state index < -0.39 is 0 Å². The van der Waals surface area contributed by atoms with Crippen LogP contribution in [0.15, 0.2) is 42.6 Å². The Labute approximate surface area is 156 Å². The van der Waals surface area contributed by atoms with E-state index in [1.807, 2.05) is 16.8 Å². The predicted molar refractivity (Wildman–Crippen MR) is 103 cm³/mol. The Bertz CT molecular complexity index is 1180. The van der Waals surface area contributed by atoms with Gasteiger partial charge in [0.15, 0.2) is 5.65 Å². The molecule has 2 N–H and O–H groups in total. The van der Waals surface area contributed by atoms with Crippen LogP contribution < -0.4 is 5.73 Å². The summed E-state index contributed by atoms with van der Waals surface area (Å²) < 4.78 is 1.82. The van der Waals surface area contributed by atoms with Crippen molar-refractivity contribution in [3.8, 4) is 17.5 Å². The Balaban J connectivity index is 1.87. The molecule has 7 heteroatoms. The van der Waals surface area contributed by atoms with E-state index in [4.69, 9.17) is 11.0 Å². The molecule has 3 heterocycles. The number of nitrogens with two attached hydrogens (primary N) is 1. The number of rotatable bonds is 3. The summed E-state index contributed by atoms with van der Waals surface area (Å²) in [5, 5.41) is 14.4. The maximum atomic E-state index is 9.11. The van der Waals surface area contributed by atoms with Gasteiger partial charge in [-0.3, -0.25) is 0 Å². The summed E-state index contributed by atoms with van der Waals surface area (Å²) in [5.74, 6) is 0.143. The first kappa shape index (κ1) is 16.7. The molecule has 0 bridgehead atoms. The molecule has 0 saturated carbocycles. The molecule has 0 spiro atoms. The van der Waals surface area contributed by atoms with Gasteiger partial charge in [0.1, 0.15) is 17.5 Å². The number of hydrogen-bond donors (Lipinski definition) is 1. The number of pyridine rings is 1. The van der Waals surface area contributed by atoms with Crippen molar-refractivity contribution in [2.24, 2.45) is 0 Å². The summed E-state index contributed by atoms with van der Waals surface area (Å²) in [6.07, 6.45) is 1.72. The number of nitriles is 1. The zero-order valence-electron chi connectivity index (χ0n) is 15.0. The molecule has 4 aromatic rings. The van der Waals surface area contributed by atoms with Gasteiger partial charge in [0.25, 0.3) is 0 Å². The molecule has 0 saturated heterocycles. The summed E-state index contributed by atoms with van der Waals surface area (Å²) in [4.78, 5) is 13.1. The highest BCUT2D eigenvalue weighted by molar-refractivity contribution is 5.90. The molecule has 0 amide bonds. The highest BCUT2D eigenvalue weighted by Gasteiger charge is 2.16. The number of aromatic nitrogens is 5. The van der Waals surface area contributed by atoms with Crippen LogP contribution in [0.3, 0.4) is 0 Å². The van der Waals surface area contributed by atoms with Gasteiger partial charge in [0.2, 0.25) is 5.95 Å². The summed E-state index contributed by atoms with van der Waals surface area (Å²) in [6.45, 7) is 4.75. The van der Waals surface area contributed by atoms with Gasteiger partial charge in [-0.05, 0) is 42.7 Å². The fourth-order valence-corrected chi connectivity index (χ4v) is 3.16. The number of fused-ring (bicyclic) bond motifs is 1. The van der Waals surface area contributed by atoms with Crippen LogP contribution >= 0.6 is 0 Å². The lowest BCUT2D eigenvalue weighted by atomic mass is 10.0. The number of aryl methyl sites for hydroxylation is 2. The van der Waals surface area contributed by atoms with E-state index >= 15 is 0 Å². The van der Waals surface area contributed by atoms with E-state index in [9.17, 15) is 0 Å². The van der Waals surface area contributed by atoms with Crippen LogP contribution in [0.4, 0.5) is 5.95 Å². The second kappa shape index (κ2) is 6.50. The number of anilines is 1. The zero-order valence-corrected chi connectivity index (χ0v) is 15.0. The van der Waals surface area contributed by atoms with Gasteiger partial charge in [0.05, 0.1) is 23.8 Å². The van der Waals surface area contributed by atoms with Crippen LogP contribution in [0, 0.1) is 25.2 Å². The first-order valence-corrected chi connectivity index (χ1v) is 8.48. The molecule has 0 radical (unpaired) electrons. The molecule has 0 atom stereocenters. The lowest BCUT2D eigenvalue weighted by molar-refractivity contribution is 0.698. The Morgan fingerprint density at radius 3 is 2.52 bits per heavy atom. The maximum absolute atomic E-state index is 9.11. The summed E-state index contributed by atoms with van der Waals surface area (Å²) in [6, 6.07) is 13.5. The monoisotopic (exact) mass is 355 g/mol. The van der Waals surface area contributed by atoms with Gasteiger partial charge >= 0.3 is 0 Å². The zero-order chi connectivity index (χ0) is 19.0. The van der Waals surface area contributed by atoms with E-state index in [0.29, 0.717) is 29.3 Å². The van der Waals surface area contributed by atoms with Crippen molar-refractivity contribution in [2.75, 3.05) is 5.73 Å². The summed E-state index contributed by atoms with van der Waals surface area (Å²) in [5.41, 5.74) is 11.7. The van der Waals surface area contributed by atoms with Crippen molar-refractivity contribution in [1.82, 2.24) is 24.7 Å². The minimum absolute atomic E-state index is 0.143. The molecule has 0 aliphatic heterocycles. The van der Waals surface area contributed by atoms with Crippen molar-refractivity contribution < 1.29 is 0 Å². The van der Waals surface area contributed by atoms with Crippen LogP contribution in [0.5, 0.6) is 0 Å². The minimum atomic E-state index is 0.143. The largest absolute Gasteiger partial charge is 0.368 e. The van der Waals surface area contributed by atoms with Gasteiger partial charge in [0, 0.05) is 0 Å². The van der Waals surface area contributed by atoms with E-state index in [1.165, 1.54) is 16.7 Å². The molecular formula is C20H17N7. The van der Waals surface area contributed by atoms with E-state index in [1.54, 1.807) is 24.4 Å². The molecule has 132 valence electrons. The van der Waals surface area contributed by atoms with E-state index in [2.05, 4.69) is 46.0 Å². The average molecular weight is 355 g/mol. The Kier molecular flexibility index (Phi) is 4.01. The van der Waals surface area contributed by atoms with Crippen molar-refractivity contribution in [1.29, 1.82) is 5.26 Å². The van der Waals surface area contributed by atoms with Crippen LogP contribution in [0.2, 0.25) is 0 Å². The third kappa shape index (κ3) is 2.98. The first-order chi connectivity index (χ1) is 13.1. The minimum Gasteiger partial charge on any atom is -0.368 e. The number of nitrogen functional groups attached to an aromatic ring is 1. The molecule has 0 fully saturated rings. The maximum Gasteiger partial charge on any atom is 0.222 e. The first-order valence-electron chi connectivity index (χ1n) is 8.48. The number of hydrogen-bond acceptors (Lipinski definition) is 6. The average Bonchev–Trinajstić information content (AvgIpc) is 3.07. The van der Waals surface area contributed by atoms with Gasteiger partial charge < -0.3 is 5.73 Å². The topological polar surface area (TPSA) is 106 Å². The molecule has 1 aromatic carbocycles. The SMILES string of the molecule is Cc1cccc(C)c1Cn1ncc2c(-c3cccc(C#N)n3)nc(N)nc21. The third-order valence-electron chi connectivity index (χ3n) is 4.57. The fourth-order valence-electron chi connectivity index (χ4n) is 3.16. The molecule has 0 unspecified atom stereocenters. The molecule has 0 aliphatic rings. The van der Waals surface area contributed by atoms with Gasteiger partial charge in [-0.2, -0.15) is 15.3 Å². The van der Waals surface area contributed by atoms with Crippen LogP contribution in [-0.2, 0) is 6.54 Å². The van der Waals surface area contributed by atoms with Crippen molar-refractivity contribution >= 4 is 17.0 Å². The number of benzene rings is 1. The Hall–Kier alpha value is -3.79. The van der Waals surface area contributed by atoms with E-state index in [0.717, 1.165) is 5.39 Å². The van der Waals surface area contributed by atoms with Gasteiger partial charge in [-0.25, -0.2) is 14.6 Å². The lowest BCUT2D eigenvalue weighted by Gasteiger charge is -2.10. The molecule has 7 nitrogen and oxygen atoms in total. The normalized spacial score (nSPS) is 10.9. The summed E-state index contributed by atoms with van der Waals surface area (Å²) >= 11 is 0. The van der Waals surface area contributed by atoms with Gasteiger partial charge in [-0.15, -0.1) is 0 Å². The highest BCUT2D eigenvalue weighted by Crippen LogP contribution is 2.26. The standard InChI is InChI=1S/C20H17N7/c1-12-5-3-6-13(2)16(12)11-27-19-15(10-23-27)18(25-20(22)26-19)17-8-4-7-14(9-21)24-17/h3-8,10H,11H2,1-2H3,(H2,22,25,26). The summed E-state index contributed by atoms with van der Waals surface area (Å²) in [7, 11) is 0. The molecule has 27 heavy (non-hydrogen) atoms. The molecule has 4 rings (SSSR count). The third-order valence-corrected chi connectivity index (χ3v) is 4.57. The Morgan fingerprint density at radius 1 is 1.04 bits per heavy atom. The van der Waals surface area contributed by atoms with Crippen molar-refractivity contribution in [3.05, 3.63) is 65.0 Å². The fraction of sp³-hybridized carbons (Fsp3) is 0.150. The van der Waals surface area contributed by atoms with Crippen molar-refractivity contribution in [2.45, 2.75) is 20.4 Å².